The monoisotopic (exact) mass is 304 g/mol. The Bertz CT molecular complexity index is 230. The third-order valence-electron chi connectivity index (χ3n) is 1.84. The molecule has 80 valence electrons. The fraction of sp³-hybridized carbons (Fsp3) is 0.444. The third kappa shape index (κ3) is 6.60. The molecule has 1 aromatic carbocycles. The molecule has 0 amide bonds. The summed E-state index contributed by atoms with van der Waals surface area (Å²) in [6.07, 6.45) is 0. The summed E-state index contributed by atoms with van der Waals surface area (Å²) >= 11 is 0. The van der Waals surface area contributed by atoms with Gasteiger partial charge in [-0.2, -0.15) is 16.8 Å². The Morgan fingerprint density at radius 2 is 1.50 bits per heavy atom. The first-order valence-corrected chi connectivity index (χ1v) is 7.24. The van der Waals surface area contributed by atoms with Gasteiger partial charge in [0, 0.05) is 0 Å². The van der Waals surface area contributed by atoms with Gasteiger partial charge in [-0.1, -0.05) is 26.6 Å². The second-order valence-corrected chi connectivity index (χ2v) is 8.91. The zero-order valence-electron chi connectivity index (χ0n) is 8.87. The largest absolute Gasteiger partial charge is 4.00 e. The van der Waals surface area contributed by atoms with Crippen molar-refractivity contribution >= 4 is 13.3 Å². The molecule has 0 radical (unpaired) electrons. The predicted molar refractivity (Wildman–Crippen MR) is 49.8 cm³/mol. The molecule has 14 heavy (non-hydrogen) atoms. The number of halogens is 3. The maximum absolute atomic E-state index is 2.38. The van der Waals surface area contributed by atoms with Gasteiger partial charge in [-0.25, -0.2) is 12.1 Å². The average molecular weight is 306 g/mol. The molecule has 5 heteroatoms. The first kappa shape index (κ1) is 24.4. The summed E-state index contributed by atoms with van der Waals surface area (Å²) in [6.45, 7) is 9.35. The van der Waals surface area contributed by atoms with Crippen molar-refractivity contribution < 1.29 is 58.9 Å². The Kier molecular flexibility index (Phi) is 16.4. The van der Waals surface area contributed by atoms with Crippen LogP contribution >= 0.6 is 0 Å². The normalized spacial score (nSPS) is 8.57. The van der Waals surface area contributed by atoms with Crippen LogP contribution in [0.5, 0.6) is 0 Å². The van der Waals surface area contributed by atoms with Gasteiger partial charge in [0.15, 0.2) is 0 Å². The molecule has 0 aliphatic heterocycles. The van der Waals surface area contributed by atoms with E-state index >= 15 is 0 Å². The van der Waals surface area contributed by atoms with Crippen molar-refractivity contribution in [3.05, 3.63) is 23.8 Å². The number of aryl methyl sites for hydroxylation is 1. The fourth-order valence-electron chi connectivity index (χ4n) is 1.35. The van der Waals surface area contributed by atoms with Gasteiger partial charge in [-0.15, -0.1) is 0 Å². The Balaban J connectivity index is -0.000000125. The molecular weight excluding hydrogens is 290 g/mol. The summed E-state index contributed by atoms with van der Waals surface area (Å²) < 4.78 is 0. The van der Waals surface area contributed by atoms with Gasteiger partial charge in [-0.3, -0.25) is 0 Å². The molecular formula is C9H15Cl3SiTi. The van der Waals surface area contributed by atoms with Crippen molar-refractivity contribution in [3.63, 3.8) is 0 Å². The molecule has 1 rings (SSSR count). The zero-order chi connectivity index (χ0) is 7.78. The number of rotatable bonds is 1. The maximum Gasteiger partial charge on any atom is 4.00 e. The van der Waals surface area contributed by atoms with Gasteiger partial charge in [-0.05, 0) is 0 Å². The molecule has 0 unspecified atom stereocenters. The van der Waals surface area contributed by atoms with Crippen molar-refractivity contribution in [2.45, 2.75) is 26.6 Å². The fourth-order valence-corrected chi connectivity index (χ4v) is 3.21. The molecule has 0 aromatic heterocycles. The maximum atomic E-state index is 2.38. The summed E-state index contributed by atoms with van der Waals surface area (Å²) in [6, 6.07) is 6.62. The second-order valence-electron chi connectivity index (χ2n) is 3.87. The summed E-state index contributed by atoms with van der Waals surface area (Å²) in [4.78, 5) is 0. The summed E-state index contributed by atoms with van der Waals surface area (Å²) in [5, 5.41) is 1.60. The number of hydrogen-bond acceptors (Lipinski definition) is 0. The van der Waals surface area contributed by atoms with Gasteiger partial charge in [0.25, 0.3) is 0 Å². The van der Waals surface area contributed by atoms with E-state index in [0.29, 0.717) is 0 Å². The quantitative estimate of drug-likeness (QED) is 0.357. The van der Waals surface area contributed by atoms with Crippen molar-refractivity contribution in [1.82, 2.24) is 0 Å². The summed E-state index contributed by atoms with van der Waals surface area (Å²) in [5.41, 5.74) is 1.47. The van der Waals surface area contributed by atoms with E-state index in [4.69, 9.17) is 0 Å². The van der Waals surface area contributed by atoms with Gasteiger partial charge in [0.05, 0.1) is 8.07 Å². The molecule has 0 atom stereocenters. The molecule has 0 saturated carbocycles. The van der Waals surface area contributed by atoms with Gasteiger partial charge >= 0.3 is 21.7 Å². The standard InChI is InChI=1S/C9H15Si.3ClH.Ti/c1-8-6-5-7-9(8)10(2,3)4;;;;/h5-7H,1-4H3;3*1H;/q-1;;;;+4/p-3. The Hall–Kier alpha value is 1.15. The Labute approximate surface area is 122 Å². The predicted octanol–water partition coefficient (Wildman–Crippen LogP) is -6.73. The Morgan fingerprint density at radius 3 is 1.64 bits per heavy atom. The molecule has 0 heterocycles. The Morgan fingerprint density at radius 1 is 1.07 bits per heavy atom. The van der Waals surface area contributed by atoms with E-state index in [2.05, 4.69) is 44.8 Å². The minimum absolute atomic E-state index is 0. The first-order chi connectivity index (χ1) is 4.52. The second kappa shape index (κ2) is 9.38. The van der Waals surface area contributed by atoms with Crippen molar-refractivity contribution in [2.75, 3.05) is 0 Å². The molecule has 0 aliphatic rings. The van der Waals surface area contributed by atoms with Gasteiger partial charge in [0.2, 0.25) is 0 Å². The number of hydrogen-bond donors (Lipinski definition) is 0. The van der Waals surface area contributed by atoms with Crippen molar-refractivity contribution in [3.8, 4) is 0 Å². The van der Waals surface area contributed by atoms with E-state index in [-0.39, 0.29) is 58.9 Å². The molecule has 1 aromatic rings. The van der Waals surface area contributed by atoms with E-state index in [9.17, 15) is 0 Å². The summed E-state index contributed by atoms with van der Waals surface area (Å²) in [5.74, 6) is 0. The molecule has 0 nitrogen and oxygen atoms in total. The van der Waals surface area contributed by atoms with Crippen LogP contribution in [0, 0.1) is 6.92 Å². The van der Waals surface area contributed by atoms with E-state index in [1.54, 1.807) is 5.19 Å². The van der Waals surface area contributed by atoms with Gasteiger partial charge in [0.1, 0.15) is 0 Å². The molecule has 0 spiro atoms. The van der Waals surface area contributed by atoms with Crippen LogP contribution in [-0.4, -0.2) is 8.07 Å². The first-order valence-electron chi connectivity index (χ1n) is 3.74. The topological polar surface area (TPSA) is 0 Å². The van der Waals surface area contributed by atoms with Crippen LogP contribution in [0.4, 0.5) is 0 Å². The van der Waals surface area contributed by atoms with Crippen molar-refractivity contribution in [1.29, 1.82) is 0 Å². The minimum atomic E-state index is -1.03. The van der Waals surface area contributed by atoms with Gasteiger partial charge < -0.3 is 37.2 Å². The SMILES string of the molecule is C[c-]1cccc1[Si](C)(C)C.[Cl-].[Cl-].[Cl-].[Ti+4]. The minimum Gasteiger partial charge on any atom is -1.00 e. The zero-order valence-corrected chi connectivity index (χ0v) is 13.7. The van der Waals surface area contributed by atoms with Crippen LogP contribution < -0.4 is 42.4 Å². The van der Waals surface area contributed by atoms with Crippen LogP contribution in [0.3, 0.4) is 0 Å². The molecule has 0 fully saturated rings. The molecule has 0 bridgehead atoms. The van der Waals surface area contributed by atoms with Crippen LogP contribution in [0.1, 0.15) is 5.56 Å². The van der Waals surface area contributed by atoms with E-state index in [1.165, 1.54) is 5.56 Å². The van der Waals surface area contributed by atoms with E-state index in [0.717, 1.165) is 0 Å². The van der Waals surface area contributed by atoms with E-state index < -0.39 is 8.07 Å². The van der Waals surface area contributed by atoms with Crippen LogP contribution in [0.15, 0.2) is 18.2 Å². The van der Waals surface area contributed by atoms with Crippen LogP contribution in [0.2, 0.25) is 19.6 Å². The third-order valence-corrected chi connectivity index (χ3v) is 4.02. The molecule has 0 N–H and O–H groups in total. The molecule has 0 saturated heterocycles. The average Bonchev–Trinajstić information content (AvgIpc) is 2.11. The summed E-state index contributed by atoms with van der Waals surface area (Å²) in [7, 11) is -1.03. The van der Waals surface area contributed by atoms with Crippen molar-refractivity contribution in [2.24, 2.45) is 0 Å². The van der Waals surface area contributed by atoms with E-state index in [1.807, 2.05) is 0 Å². The van der Waals surface area contributed by atoms with Crippen LogP contribution in [-0.2, 0) is 21.7 Å². The molecule has 0 aliphatic carbocycles. The van der Waals surface area contributed by atoms with Crippen LogP contribution in [0.25, 0.3) is 0 Å². The smallest absolute Gasteiger partial charge is 1.00 e.